The van der Waals surface area contributed by atoms with Crippen molar-refractivity contribution in [3.63, 3.8) is 0 Å². The molecule has 31 heavy (non-hydrogen) atoms. The number of likely N-dealkylation sites (tertiary alicyclic amines) is 2. The maximum Gasteiger partial charge on any atom is 0.416 e. The quantitative estimate of drug-likeness (QED) is 0.639. The molecule has 1 aromatic rings. The monoisotopic (exact) mass is 441 g/mol. The molecule has 0 radical (unpaired) electrons. The zero-order valence-corrected chi connectivity index (χ0v) is 18.2. The molecular formula is C22H30F3N3O3. The van der Waals surface area contributed by atoms with Crippen LogP contribution in [0.2, 0.25) is 0 Å². The average Bonchev–Trinajstić information content (AvgIpc) is 2.67. The number of halogens is 3. The average molecular weight is 441 g/mol. The summed E-state index contributed by atoms with van der Waals surface area (Å²) in [7, 11) is 0. The molecular weight excluding hydrogens is 411 g/mol. The fraction of sp³-hybridized carbons (Fsp3) is 0.636. The Morgan fingerprint density at radius 2 is 1.58 bits per heavy atom. The van der Waals surface area contributed by atoms with Crippen molar-refractivity contribution in [3.8, 4) is 0 Å². The number of hydrogen-bond donors (Lipinski definition) is 1. The number of nitrogens with one attached hydrogen (secondary N) is 1. The molecule has 1 N–H and O–H groups in total. The van der Waals surface area contributed by atoms with Gasteiger partial charge in [-0.1, -0.05) is 0 Å². The first kappa shape index (κ1) is 23.2. The number of rotatable bonds is 1. The second-order valence-corrected chi connectivity index (χ2v) is 9.50. The Morgan fingerprint density at radius 1 is 0.968 bits per heavy atom. The fourth-order valence-electron chi connectivity index (χ4n) is 4.22. The molecule has 3 rings (SSSR count). The Labute approximate surface area is 180 Å². The molecule has 0 unspecified atom stereocenters. The highest BCUT2D eigenvalue weighted by molar-refractivity contribution is 5.89. The van der Waals surface area contributed by atoms with Crippen molar-refractivity contribution in [1.82, 2.24) is 9.80 Å². The van der Waals surface area contributed by atoms with Crippen LogP contribution in [0.15, 0.2) is 24.3 Å². The van der Waals surface area contributed by atoms with Gasteiger partial charge in [0.25, 0.3) is 0 Å². The highest BCUT2D eigenvalue weighted by Crippen LogP contribution is 2.40. The van der Waals surface area contributed by atoms with Gasteiger partial charge in [0.15, 0.2) is 0 Å². The van der Waals surface area contributed by atoms with Crippen LogP contribution < -0.4 is 5.32 Å². The number of hydrogen-bond acceptors (Lipinski definition) is 3. The topological polar surface area (TPSA) is 61.9 Å². The highest BCUT2D eigenvalue weighted by Gasteiger charge is 2.41. The summed E-state index contributed by atoms with van der Waals surface area (Å²) in [5, 5.41) is 2.70. The normalized spacial score (nSPS) is 19.3. The van der Waals surface area contributed by atoms with E-state index >= 15 is 0 Å². The number of ether oxygens (including phenoxy) is 1. The van der Waals surface area contributed by atoms with Crippen LogP contribution in [-0.2, 0) is 10.9 Å². The minimum absolute atomic E-state index is 0.0474. The van der Waals surface area contributed by atoms with E-state index in [2.05, 4.69) is 5.32 Å². The van der Waals surface area contributed by atoms with Crippen molar-refractivity contribution in [3.05, 3.63) is 29.8 Å². The molecule has 0 aliphatic carbocycles. The highest BCUT2D eigenvalue weighted by atomic mass is 19.4. The predicted octanol–water partition coefficient (Wildman–Crippen LogP) is 5.35. The summed E-state index contributed by atoms with van der Waals surface area (Å²) in [5.41, 5.74) is -1.00. The molecule has 0 bridgehead atoms. The lowest BCUT2D eigenvalue weighted by Gasteiger charge is -2.47. The van der Waals surface area contributed by atoms with Crippen LogP contribution in [0.25, 0.3) is 0 Å². The van der Waals surface area contributed by atoms with Gasteiger partial charge in [0.2, 0.25) is 0 Å². The second-order valence-electron chi connectivity index (χ2n) is 9.50. The number of piperidine rings is 2. The number of urea groups is 1. The van der Waals surface area contributed by atoms with Crippen LogP contribution in [0, 0.1) is 5.41 Å². The molecule has 1 aromatic carbocycles. The van der Waals surface area contributed by atoms with Crippen LogP contribution in [0.5, 0.6) is 0 Å². The maximum absolute atomic E-state index is 12.7. The summed E-state index contributed by atoms with van der Waals surface area (Å²) in [6.07, 6.45) is -1.30. The summed E-state index contributed by atoms with van der Waals surface area (Å²) < 4.78 is 43.6. The first-order valence-corrected chi connectivity index (χ1v) is 10.6. The molecule has 2 aliphatic heterocycles. The van der Waals surface area contributed by atoms with Gasteiger partial charge in [-0.2, -0.15) is 13.2 Å². The molecule has 3 amide bonds. The largest absolute Gasteiger partial charge is 0.444 e. The van der Waals surface area contributed by atoms with Gasteiger partial charge in [-0.15, -0.1) is 0 Å². The van der Waals surface area contributed by atoms with E-state index in [1.807, 2.05) is 20.8 Å². The summed E-state index contributed by atoms with van der Waals surface area (Å²) >= 11 is 0. The Morgan fingerprint density at radius 3 is 2.13 bits per heavy atom. The van der Waals surface area contributed by atoms with Gasteiger partial charge in [-0.05, 0) is 76.1 Å². The Hall–Kier alpha value is -2.45. The van der Waals surface area contributed by atoms with Gasteiger partial charge in [0.1, 0.15) is 5.60 Å². The number of alkyl halides is 3. The molecule has 0 saturated carbocycles. The Balaban J connectivity index is 1.55. The van der Waals surface area contributed by atoms with E-state index in [-0.39, 0.29) is 17.5 Å². The molecule has 2 heterocycles. The van der Waals surface area contributed by atoms with Gasteiger partial charge in [-0.25, -0.2) is 9.59 Å². The van der Waals surface area contributed by atoms with Crippen molar-refractivity contribution < 1.29 is 27.5 Å². The number of amides is 3. The van der Waals surface area contributed by atoms with E-state index in [9.17, 15) is 22.8 Å². The lowest BCUT2D eigenvalue weighted by molar-refractivity contribution is -0.137. The summed E-state index contributed by atoms with van der Waals surface area (Å²) in [4.78, 5) is 28.5. The van der Waals surface area contributed by atoms with E-state index in [1.54, 1.807) is 9.80 Å². The van der Waals surface area contributed by atoms with E-state index in [1.165, 1.54) is 12.1 Å². The minimum atomic E-state index is -4.41. The molecule has 172 valence electrons. The minimum Gasteiger partial charge on any atom is -0.444 e. The van der Waals surface area contributed by atoms with Crippen LogP contribution in [0.4, 0.5) is 28.4 Å². The third-order valence-electron chi connectivity index (χ3n) is 5.89. The van der Waals surface area contributed by atoms with Gasteiger partial charge < -0.3 is 19.9 Å². The van der Waals surface area contributed by atoms with E-state index in [0.717, 1.165) is 37.8 Å². The zero-order chi connectivity index (χ0) is 22.9. The summed E-state index contributed by atoms with van der Waals surface area (Å²) in [6.45, 7) is 7.86. The van der Waals surface area contributed by atoms with Crippen LogP contribution in [0.1, 0.15) is 52.0 Å². The maximum atomic E-state index is 12.7. The summed E-state index contributed by atoms with van der Waals surface area (Å²) in [5.74, 6) is 0. The van der Waals surface area contributed by atoms with E-state index in [0.29, 0.717) is 31.9 Å². The molecule has 1 spiro atoms. The molecule has 2 saturated heterocycles. The van der Waals surface area contributed by atoms with Crippen LogP contribution in [-0.4, -0.2) is 53.7 Å². The van der Waals surface area contributed by atoms with E-state index < -0.39 is 17.3 Å². The standard InChI is InChI=1S/C22H30F3N3O3/c1-20(2,3)31-19(30)27-13-10-21(11-14-27)9-4-12-28(15-21)18(29)26-17-7-5-16(6-8-17)22(23,24)25/h5-8H,4,9-15H2,1-3H3,(H,26,29). The van der Waals surface area contributed by atoms with E-state index in [4.69, 9.17) is 4.74 Å². The SMILES string of the molecule is CC(C)(C)OC(=O)N1CCC2(CCCN(C(=O)Nc3ccc(C(F)(F)F)cc3)C2)CC1. The van der Waals surface area contributed by atoms with Crippen molar-refractivity contribution in [2.24, 2.45) is 5.41 Å². The summed E-state index contributed by atoms with van der Waals surface area (Å²) in [6, 6.07) is 4.13. The predicted molar refractivity (Wildman–Crippen MR) is 111 cm³/mol. The van der Waals surface area contributed by atoms with Gasteiger partial charge >= 0.3 is 18.3 Å². The third kappa shape index (κ3) is 6.04. The molecule has 0 atom stereocenters. The number of carbonyl (C=O) groups excluding carboxylic acids is 2. The lowest BCUT2D eigenvalue weighted by atomic mass is 9.72. The number of nitrogens with zero attached hydrogens (tertiary/aromatic N) is 2. The van der Waals surface area contributed by atoms with Gasteiger partial charge in [0, 0.05) is 31.9 Å². The van der Waals surface area contributed by atoms with Crippen LogP contribution in [0.3, 0.4) is 0 Å². The van der Waals surface area contributed by atoms with Crippen molar-refractivity contribution in [1.29, 1.82) is 0 Å². The van der Waals surface area contributed by atoms with Gasteiger partial charge in [-0.3, -0.25) is 0 Å². The number of anilines is 1. The van der Waals surface area contributed by atoms with Crippen molar-refractivity contribution in [2.75, 3.05) is 31.5 Å². The lowest BCUT2D eigenvalue weighted by Crippen LogP contribution is -2.53. The molecule has 6 nitrogen and oxygen atoms in total. The zero-order valence-electron chi connectivity index (χ0n) is 18.2. The molecule has 9 heteroatoms. The Bertz CT molecular complexity index is 795. The van der Waals surface area contributed by atoms with Crippen molar-refractivity contribution >= 4 is 17.8 Å². The van der Waals surface area contributed by atoms with Gasteiger partial charge in [0.05, 0.1) is 5.56 Å². The molecule has 0 aromatic heterocycles. The first-order chi connectivity index (χ1) is 14.4. The molecule has 2 fully saturated rings. The first-order valence-electron chi connectivity index (χ1n) is 10.6. The fourth-order valence-corrected chi connectivity index (χ4v) is 4.22. The van der Waals surface area contributed by atoms with Crippen molar-refractivity contribution in [2.45, 2.75) is 58.2 Å². The number of carbonyl (C=O) groups is 2. The third-order valence-corrected chi connectivity index (χ3v) is 5.89. The van der Waals surface area contributed by atoms with Crippen LogP contribution >= 0.6 is 0 Å². The smallest absolute Gasteiger partial charge is 0.416 e. The molecule has 2 aliphatic rings. The Kier molecular flexibility index (Phi) is 6.43. The second kappa shape index (κ2) is 8.59. The number of benzene rings is 1.